The lowest BCUT2D eigenvalue weighted by atomic mass is 10.0. The highest BCUT2D eigenvalue weighted by Gasteiger charge is 2.36. The number of amides is 10. The molecule has 0 saturated heterocycles. The number of aliphatic hydroxyl groups excluding tert-OH is 1. The van der Waals surface area contributed by atoms with Gasteiger partial charge in [0.1, 0.15) is 54.4 Å². The fourth-order valence-electron chi connectivity index (χ4n) is 7.24. The van der Waals surface area contributed by atoms with Gasteiger partial charge in [0, 0.05) is 32.4 Å². The topological polar surface area (TPSA) is 606 Å². The van der Waals surface area contributed by atoms with Crippen molar-refractivity contribution in [3.63, 3.8) is 0 Å². The van der Waals surface area contributed by atoms with E-state index in [9.17, 15) is 82.8 Å². The summed E-state index contributed by atoms with van der Waals surface area (Å²) in [7, 11) is 0. The van der Waals surface area contributed by atoms with Crippen molar-refractivity contribution in [1.82, 2.24) is 42.5 Å². The molecule has 0 saturated carbocycles. The van der Waals surface area contributed by atoms with Gasteiger partial charge in [-0.25, -0.2) is 4.79 Å². The van der Waals surface area contributed by atoms with Crippen LogP contribution in [0.4, 0.5) is 0 Å². The second-order valence-electron chi connectivity index (χ2n) is 19.3. The van der Waals surface area contributed by atoms with Crippen molar-refractivity contribution < 1.29 is 82.8 Å². The first-order valence-corrected chi connectivity index (χ1v) is 25.4. The molecular formula is C46H81N17O17. The van der Waals surface area contributed by atoms with E-state index in [4.69, 9.17) is 40.1 Å². The second-order valence-corrected chi connectivity index (χ2v) is 19.3. The predicted octanol–water partition coefficient (Wildman–Crippen LogP) is -7.66. The monoisotopic (exact) mass is 1140 g/mol. The van der Waals surface area contributed by atoms with Crippen LogP contribution < -0.4 is 82.7 Å². The highest BCUT2D eigenvalue weighted by molar-refractivity contribution is 5.99. The highest BCUT2D eigenvalue weighted by atomic mass is 16.4. The number of carbonyl (C=O) groups excluding carboxylic acids is 10. The van der Waals surface area contributed by atoms with E-state index in [1.165, 1.54) is 0 Å². The van der Waals surface area contributed by atoms with Gasteiger partial charge in [-0.15, -0.1) is 0 Å². The van der Waals surface area contributed by atoms with Gasteiger partial charge < -0.3 is 103 Å². The Labute approximate surface area is 460 Å². The number of carboxylic acid groups (broad SMARTS) is 3. The lowest BCUT2D eigenvalue weighted by molar-refractivity contribution is -0.143. The largest absolute Gasteiger partial charge is 0.481 e. The summed E-state index contributed by atoms with van der Waals surface area (Å²) in [6, 6.07) is -14.9. The van der Waals surface area contributed by atoms with Crippen molar-refractivity contribution in [1.29, 1.82) is 0 Å². The Morgan fingerprint density at radius 2 is 0.700 bits per heavy atom. The van der Waals surface area contributed by atoms with Crippen molar-refractivity contribution in [3.8, 4) is 0 Å². The lowest BCUT2D eigenvalue weighted by Crippen LogP contribution is -2.60. The molecule has 0 aliphatic heterocycles. The third-order valence-corrected chi connectivity index (χ3v) is 11.3. The second kappa shape index (κ2) is 37.4. The van der Waals surface area contributed by atoms with E-state index in [1.54, 1.807) is 27.7 Å². The number of rotatable bonds is 41. The number of nitrogens with zero attached hydrogens (tertiary/aromatic N) is 2. The SMILES string of the molecule is CC(C)C[C@H](NC(=O)[C@H](CCC(N)=O)NC(=O)[C@H](CCC(=O)O)NC(=O)[C@H](CCCN=C(N)N)NC(=O)[C@H](CCC(N)=O)NC(=O)[C@H](CC(=O)O)NC(=O)[C@H](CCCN=C(N)N)NC(=O)[C@H](CC(C)C)NC(=O)[C@@H](N)CO)C(=O)O. The van der Waals surface area contributed by atoms with E-state index >= 15 is 0 Å². The van der Waals surface area contributed by atoms with Crippen LogP contribution in [-0.4, -0.2) is 183 Å². The lowest BCUT2D eigenvalue weighted by Gasteiger charge is -2.28. The Kier molecular flexibility index (Phi) is 33.5. The van der Waals surface area contributed by atoms with Crippen molar-refractivity contribution in [2.75, 3.05) is 19.7 Å². The maximum absolute atomic E-state index is 14.2. The van der Waals surface area contributed by atoms with Gasteiger partial charge in [-0.05, 0) is 69.6 Å². The fourth-order valence-corrected chi connectivity index (χ4v) is 7.24. The molecule has 0 unspecified atom stereocenters. The molecule has 26 N–H and O–H groups in total. The number of aliphatic carboxylic acids is 3. The maximum Gasteiger partial charge on any atom is 0.326 e. The van der Waals surface area contributed by atoms with Gasteiger partial charge in [-0.1, -0.05) is 27.7 Å². The first-order chi connectivity index (χ1) is 37.3. The molecule has 0 fully saturated rings. The summed E-state index contributed by atoms with van der Waals surface area (Å²) in [5.74, 6) is -16.6. The molecule has 34 nitrogen and oxygen atoms in total. The molecule has 80 heavy (non-hydrogen) atoms. The summed E-state index contributed by atoms with van der Waals surface area (Å²) in [5, 5.41) is 57.0. The Morgan fingerprint density at radius 1 is 0.400 bits per heavy atom. The number of aliphatic imine (C=N–C) groups is 2. The number of hydrogen-bond acceptors (Lipinski definition) is 17. The molecule has 452 valence electrons. The Hall–Kier alpha value is -8.43. The van der Waals surface area contributed by atoms with Gasteiger partial charge in [0.2, 0.25) is 59.1 Å². The molecule has 0 aromatic carbocycles. The van der Waals surface area contributed by atoms with Gasteiger partial charge in [-0.3, -0.25) is 67.5 Å². The molecule has 0 heterocycles. The number of carboxylic acids is 3. The van der Waals surface area contributed by atoms with Gasteiger partial charge in [-0.2, -0.15) is 0 Å². The van der Waals surface area contributed by atoms with Gasteiger partial charge in [0.25, 0.3) is 0 Å². The molecular weight excluding hydrogens is 1060 g/mol. The third-order valence-electron chi connectivity index (χ3n) is 11.3. The molecule has 0 rings (SSSR count). The van der Waals surface area contributed by atoms with E-state index in [-0.39, 0.29) is 75.4 Å². The molecule has 0 aromatic heterocycles. The zero-order chi connectivity index (χ0) is 61.4. The molecule has 0 bridgehead atoms. The number of carbonyl (C=O) groups is 13. The molecule has 9 atom stereocenters. The maximum atomic E-state index is 14.2. The van der Waals surface area contributed by atoms with E-state index in [0.29, 0.717) is 0 Å². The summed E-state index contributed by atoms with van der Waals surface area (Å²) < 4.78 is 0. The minimum atomic E-state index is -2.04. The van der Waals surface area contributed by atoms with Crippen molar-refractivity contribution in [3.05, 3.63) is 0 Å². The summed E-state index contributed by atoms with van der Waals surface area (Å²) in [6.45, 7) is 5.78. The number of nitrogens with two attached hydrogens (primary N) is 7. The van der Waals surface area contributed by atoms with Crippen LogP contribution in [0.15, 0.2) is 9.98 Å². The van der Waals surface area contributed by atoms with E-state index in [1.807, 2.05) is 0 Å². The summed E-state index contributed by atoms with van der Waals surface area (Å²) in [5.41, 5.74) is 38.0. The van der Waals surface area contributed by atoms with Crippen LogP contribution in [0.2, 0.25) is 0 Å². The smallest absolute Gasteiger partial charge is 0.326 e. The average molecular weight is 1140 g/mol. The molecule has 34 heteroatoms. The minimum absolute atomic E-state index is 0.00583. The van der Waals surface area contributed by atoms with Crippen LogP contribution >= 0.6 is 0 Å². The van der Waals surface area contributed by atoms with Crippen molar-refractivity contribution in [2.45, 2.75) is 166 Å². The molecule has 0 aliphatic carbocycles. The van der Waals surface area contributed by atoms with Crippen LogP contribution in [0.25, 0.3) is 0 Å². The average Bonchev–Trinajstić information content (AvgIpc) is 3.34. The van der Waals surface area contributed by atoms with Gasteiger partial charge in [0.05, 0.1) is 13.0 Å². The number of nitrogens with one attached hydrogen (secondary N) is 8. The summed E-state index contributed by atoms with van der Waals surface area (Å²) in [4.78, 5) is 177. The van der Waals surface area contributed by atoms with Crippen molar-refractivity contribution >= 4 is 88.9 Å². The van der Waals surface area contributed by atoms with E-state index < -0.39 is 183 Å². The first kappa shape index (κ1) is 71.6. The quantitative estimate of drug-likeness (QED) is 0.0154. The Bertz CT molecular complexity index is 2220. The minimum Gasteiger partial charge on any atom is -0.481 e. The molecule has 10 amide bonds. The van der Waals surface area contributed by atoms with Crippen LogP contribution in [0.1, 0.15) is 111 Å². The molecule has 0 aliphatic rings. The van der Waals surface area contributed by atoms with E-state index in [0.717, 1.165) is 0 Å². The van der Waals surface area contributed by atoms with E-state index in [2.05, 4.69) is 52.5 Å². The summed E-state index contributed by atoms with van der Waals surface area (Å²) in [6.07, 6.45) is -5.53. The Balaban J connectivity index is 7.18. The predicted molar refractivity (Wildman–Crippen MR) is 283 cm³/mol. The van der Waals surface area contributed by atoms with Gasteiger partial charge in [0.15, 0.2) is 11.9 Å². The van der Waals surface area contributed by atoms with Crippen LogP contribution in [-0.2, 0) is 62.3 Å². The number of hydrogen-bond donors (Lipinski definition) is 19. The van der Waals surface area contributed by atoms with Crippen LogP contribution in [0.3, 0.4) is 0 Å². The van der Waals surface area contributed by atoms with Crippen molar-refractivity contribution in [2.24, 2.45) is 62.0 Å². The highest BCUT2D eigenvalue weighted by Crippen LogP contribution is 2.12. The fraction of sp³-hybridized carbons (Fsp3) is 0.674. The Morgan fingerprint density at radius 3 is 1.01 bits per heavy atom. The summed E-state index contributed by atoms with van der Waals surface area (Å²) >= 11 is 0. The zero-order valence-electron chi connectivity index (χ0n) is 45.2. The third kappa shape index (κ3) is 31.1. The molecule has 0 radical (unpaired) electrons. The number of primary amides is 2. The number of guanidine groups is 2. The normalized spacial score (nSPS) is 14.3. The first-order valence-electron chi connectivity index (χ1n) is 25.4. The molecule has 0 spiro atoms. The van der Waals surface area contributed by atoms with Gasteiger partial charge >= 0.3 is 17.9 Å². The standard InChI is InChI=1S/C46H81N17O17/c1-21(2)17-29(61-36(71)23(47)20-64)42(77)57-25(8-6-16-55-46(52)53)38(73)62-30(19-35(69)70)43(78)60-26(9-12-32(48)65)39(74)56-24(7-5-15-54-45(50)51)37(72)59-28(11-14-34(67)68)40(75)58-27(10-13-33(49)66)41(76)63-31(44(79)80)18-22(3)4/h21-31,64H,5-20,47H2,1-4H3,(H2,48,65)(H2,49,66)(H,56,74)(H,57,77)(H,58,75)(H,59,72)(H,60,78)(H,61,71)(H,62,73)(H,63,76)(H,67,68)(H,69,70)(H,79,80)(H4,50,51,54)(H4,52,53,55)/t23-,24-,25-,26-,27-,28-,29-,30-,31-/m0/s1. The van der Waals surface area contributed by atoms with Crippen LogP contribution in [0.5, 0.6) is 0 Å². The number of aliphatic hydroxyl groups is 1. The molecule has 0 aromatic rings. The van der Waals surface area contributed by atoms with Crippen LogP contribution in [0, 0.1) is 11.8 Å². The zero-order valence-corrected chi connectivity index (χ0v) is 45.2.